The van der Waals surface area contributed by atoms with Crippen LogP contribution in [0.15, 0.2) is 16.7 Å². The zero-order chi connectivity index (χ0) is 12.8. The molecule has 4 nitrogen and oxygen atoms in total. The first-order chi connectivity index (χ1) is 8.12. The lowest BCUT2D eigenvalue weighted by Gasteiger charge is -2.16. The van der Waals surface area contributed by atoms with Gasteiger partial charge in [-0.05, 0) is 34.8 Å². The first-order valence-electron chi connectivity index (χ1n) is 5.76. The second kappa shape index (κ2) is 6.59. The molecule has 0 unspecified atom stereocenters. The van der Waals surface area contributed by atoms with E-state index >= 15 is 0 Å². The molecule has 0 aromatic carbocycles. The Kier molecular flexibility index (Phi) is 5.41. The van der Waals surface area contributed by atoms with Crippen molar-refractivity contribution in [3.63, 3.8) is 0 Å². The highest BCUT2D eigenvalue weighted by molar-refractivity contribution is 9.10. The molecule has 0 fully saturated rings. The van der Waals surface area contributed by atoms with E-state index < -0.39 is 0 Å². The van der Waals surface area contributed by atoms with Gasteiger partial charge in [-0.2, -0.15) is 0 Å². The van der Waals surface area contributed by atoms with E-state index in [9.17, 15) is 4.79 Å². The summed E-state index contributed by atoms with van der Waals surface area (Å²) in [5, 5.41) is 5.92. The minimum atomic E-state index is -0.0862. The molecule has 0 aliphatic heterocycles. The fourth-order valence-electron chi connectivity index (χ4n) is 1.57. The average Bonchev–Trinajstić information content (AvgIpc) is 2.35. The number of hydrogen-bond acceptors (Lipinski definition) is 3. The smallest absolute Gasteiger partial charge is 0.255 e. The van der Waals surface area contributed by atoms with Gasteiger partial charge in [0.25, 0.3) is 5.91 Å². The third kappa shape index (κ3) is 3.70. The Balaban J connectivity index is 2.90. The van der Waals surface area contributed by atoms with Crippen LogP contribution in [0, 0.1) is 0 Å². The van der Waals surface area contributed by atoms with Crippen molar-refractivity contribution in [3.05, 3.63) is 22.3 Å². The molecule has 17 heavy (non-hydrogen) atoms. The van der Waals surface area contributed by atoms with Crippen LogP contribution in [0.25, 0.3) is 0 Å². The Bertz CT molecular complexity index is 391. The molecule has 0 aliphatic rings. The number of nitrogens with one attached hydrogen (secondary N) is 2. The van der Waals surface area contributed by atoms with Crippen LogP contribution in [-0.4, -0.2) is 24.0 Å². The summed E-state index contributed by atoms with van der Waals surface area (Å²) in [5.41, 5.74) is 0.564. The SMILES string of the molecule is CCC(CC)NC(=O)c1cc(Br)cnc1NC. The molecular formula is C12H18BrN3O. The number of carbonyl (C=O) groups excluding carboxylic acids is 1. The summed E-state index contributed by atoms with van der Waals surface area (Å²) in [6.45, 7) is 4.12. The minimum absolute atomic E-state index is 0.0862. The van der Waals surface area contributed by atoms with Gasteiger partial charge in [0.2, 0.25) is 0 Å². The van der Waals surface area contributed by atoms with E-state index in [-0.39, 0.29) is 11.9 Å². The average molecular weight is 300 g/mol. The maximum atomic E-state index is 12.1. The summed E-state index contributed by atoms with van der Waals surface area (Å²) in [6, 6.07) is 1.99. The molecule has 1 heterocycles. The molecule has 1 aromatic rings. The van der Waals surface area contributed by atoms with Crippen LogP contribution in [-0.2, 0) is 0 Å². The monoisotopic (exact) mass is 299 g/mol. The Morgan fingerprint density at radius 3 is 2.65 bits per heavy atom. The molecule has 1 amide bonds. The van der Waals surface area contributed by atoms with Crippen molar-refractivity contribution in [2.45, 2.75) is 32.7 Å². The van der Waals surface area contributed by atoms with Crippen LogP contribution in [0.4, 0.5) is 5.82 Å². The van der Waals surface area contributed by atoms with E-state index in [0.717, 1.165) is 17.3 Å². The fourth-order valence-corrected chi connectivity index (χ4v) is 1.90. The molecule has 0 saturated carbocycles. The maximum Gasteiger partial charge on any atom is 0.255 e. The predicted molar refractivity (Wildman–Crippen MR) is 73.3 cm³/mol. The van der Waals surface area contributed by atoms with Crippen molar-refractivity contribution in [1.29, 1.82) is 0 Å². The molecule has 1 rings (SSSR count). The quantitative estimate of drug-likeness (QED) is 0.879. The molecule has 0 aliphatic carbocycles. The van der Waals surface area contributed by atoms with Gasteiger partial charge >= 0.3 is 0 Å². The van der Waals surface area contributed by atoms with Gasteiger partial charge in [-0.1, -0.05) is 13.8 Å². The van der Waals surface area contributed by atoms with Crippen LogP contribution < -0.4 is 10.6 Å². The van der Waals surface area contributed by atoms with Crippen molar-refractivity contribution in [2.24, 2.45) is 0 Å². The number of halogens is 1. The summed E-state index contributed by atoms with van der Waals surface area (Å²) in [6.07, 6.45) is 3.52. The van der Waals surface area contributed by atoms with E-state index in [1.807, 2.05) is 0 Å². The third-order valence-corrected chi connectivity index (χ3v) is 3.09. The van der Waals surface area contributed by atoms with E-state index in [1.54, 1.807) is 19.3 Å². The van der Waals surface area contributed by atoms with Crippen LogP contribution in [0.1, 0.15) is 37.0 Å². The summed E-state index contributed by atoms with van der Waals surface area (Å²) in [4.78, 5) is 16.3. The van der Waals surface area contributed by atoms with Gasteiger partial charge in [0.1, 0.15) is 5.82 Å². The fraction of sp³-hybridized carbons (Fsp3) is 0.500. The minimum Gasteiger partial charge on any atom is -0.372 e. The number of carbonyl (C=O) groups is 1. The topological polar surface area (TPSA) is 54.0 Å². The molecule has 0 atom stereocenters. The standard InChI is InChI=1S/C12H18BrN3O/c1-4-9(5-2)16-12(17)10-6-8(13)7-15-11(10)14-3/h6-7,9H,4-5H2,1-3H3,(H,14,15)(H,16,17). The molecule has 2 N–H and O–H groups in total. The zero-order valence-corrected chi connectivity index (χ0v) is 12.0. The predicted octanol–water partition coefficient (Wildman–Crippen LogP) is 2.80. The van der Waals surface area contributed by atoms with Gasteiger partial charge in [-0.25, -0.2) is 4.98 Å². The number of rotatable bonds is 5. The Labute approximate surface area is 110 Å². The molecule has 5 heteroatoms. The third-order valence-electron chi connectivity index (χ3n) is 2.66. The number of aromatic nitrogens is 1. The number of anilines is 1. The lowest BCUT2D eigenvalue weighted by molar-refractivity contribution is 0.0935. The van der Waals surface area contributed by atoms with Gasteiger partial charge < -0.3 is 10.6 Å². The van der Waals surface area contributed by atoms with E-state index in [2.05, 4.69) is 45.4 Å². The van der Waals surface area contributed by atoms with Crippen LogP contribution >= 0.6 is 15.9 Å². The molecule has 0 spiro atoms. The number of hydrogen-bond donors (Lipinski definition) is 2. The lowest BCUT2D eigenvalue weighted by Crippen LogP contribution is -2.34. The highest BCUT2D eigenvalue weighted by Gasteiger charge is 2.15. The van der Waals surface area contributed by atoms with Crippen LogP contribution in [0.3, 0.4) is 0 Å². The molecule has 1 aromatic heterocycles. The second-order valence-electron chi connectivity index (χ2n) is 3.79. The first kappa shape index (κ1) is 14.0. The van der Waals surface area contributed by atoms with Gasteiger partial charge in [0, 0.05) is 23.8 Å². The number of pyridine rings is 1. The number of nitrogens with zero attached hydrogens (tertiary/aromatic N) is 1. The Hall–Kier alpha value is -1.10. The highest BCUT2D eigenvalue weighted by atomic mass is 79.9. The zero-order valence-electron chi connectivity index (χ0n) is 10.4. The van der Waals surface area contributed by atoms with Gasteiger partial charge in [0.15, 0.2) is 0 Å². The van der Waals surface area contributed by atoms with Gasteiger partial charge in [0.05, 0.1) is 5.56 Å². The molecule has 94 valence electrons. The molecular weight excluding hydrogens is 282 g/mol. The van der Waals surface area contributed by atoms with Crippen molar-refractivity contribution >= 4 is 27.7 Å². The van der Waals surface area contributed by atoms with Crippen molar-refractivity contribution in [3.8, 4) is 0 Å². The summed E-state index contributed by atoms with van der Waals surface area (Å²) in [7, 11) is 1.75. The van der Waals surface area contributed by atoms with Crippen molar-refractivity contribution in [1.82, 2.24) is 10.3 Å². The lowest BCUT2D eigenvalue weighted by atomic mass is 10.1. The number of amides is 1. The van der Waals surface area contributed by atoms with E-state index in [4.69, 9.17) is 0 Å². The van der Waals surface area contributed by atoms with Crippen molar-refractivity contribution in [2.75, 3.05) is 12.4 Å². The maximum absolute atomic E-state index is 12.1. The van der Waals surface area contributed by atoms with Gasteiger partial charge in [-0.3, -0.25) is 4.79 Å². The summed E-state index contributed by atoms with van der Waals surface area (Å²) >= 11 is 3.32. The second-order valence-corrected chi connectivity index (χ2v) is 4.70. The normalized spacial score (nSPS) is 10.4. The van der Waals surface area contributed by atoms with Gasteiger partial charge in [-0.15, -0.1) is 0 Å². The Morgan fingerprint density at radius 2 is 2.12 bits per heavy atom. The Morgan fingerprint density at radius 1 is 1.47 bits per heavy atom. The molecule has 0 radical (unpaired) electrons. The van der Waals surface area contributed by atoms with Crippen LogP contribution in [0.5, 0.6) is 0 Å². The van der Waals surface area contributed by atoms with Crippen molar-refractivity contribution < 1.29 is 4.79 Å². The highest BCUT2D eigenvalue weighted by Crippen LogP contribution is 2.17. The van der Waals surface area contributed by atoms with E-state index in [1.165, 1.54) is 0 Å². The largest absolute Gasteiger partial charge is 0.372 e. The summed E-state index contributed by atoms with van der Waals surface area (Å²) < 4.78 is 0.797. The first-order valence-corrected chi connectivity index (χ1v) is 6.55. The van der Waals surface area contributed by atoms with Crippen LogP contribution in [0.2, 0.25) is 0 Å². The molecule has 0 saturated heterocycles. The summed E-state index contributed by atoms with van der Waals surface area (Å²) in [5.74, 6) is 0.508. The van der Waals surface area contributed by atoms with E-state index in [0.29, 0.717) is 11.4 Å². The molecule has 0 bridgehead atoms.